The van der Waals surface area contributed by atoms with Crippen molar-refractivity contribution in [1.82, 2.24) is 9.62 Å². The van der Waals surface area contributed by atoms with E-state index in [4.69, 9.17) is 5.26 Å². The first-order chi connectivity index (χ1) is 10.5. The van der Waals surface area contributed by atoms with Crippen LogP contribution in [-0.2, 0) is 14.8 Å². The quantitative estimate of drug-likeness (QED) is 0.802. The van der Waals surface area contributed by atoms with Crippen molar-refractivity contribution in [3.05, 3.63) is 29.8 Å². The summed E-state index contributed by atoms with van der Waals surface area (Å²) in [6.07, 6.45) is -0.108. The highest BCUT2D eigenvalue weighted by molar-refractivity contribution is 7.89. The minimum Gasteiger partial charge on any atom is -0.326 e. The van der Waals surface area contributed by atoms with E-state index in [1.165, 1.54) is 4.31 Å². The van der Waals surface area contributed by atoms with Crippen LogP contribution in [0, 0.1) is 11.3 Å². The van der Waals surface area contributed by atoms with Gasteiger partial charge in [-0.2, -0.15) is 9.57 Å². The molecule has 8 heteroatoms. The largest absolute Gasteiger partial charge is 0.326 e. The Morgan fingerprint density at radius 1 is 1.36 bits per heavy atom. The molecule has 1 aromatic carbocycles. The van der Waals surface area contributed by atoms with E-state index in [9.17, 15) is 13.2 Å². The number of carbonyl (C=O) groups is 1. The van der Waals surface area contributed by atoms with Gasteiger partial charge in [0.2, 0.25) is 15.9 Å². The molecular weight excluding hydrogens is 304 g/mol. The summed E-state index contributed by atoms with van der Waals surface area (Å²) in [6.45, 7) is 2.14. The van der Waals surface area contributed by atoms with E-state index < -0.39 is 10.0 Å². The summed E-state index contributed by atoms with van der Waals surface area (Å²) in [6, 6.07) is 8.47. The van der Waals surface area contributed by atoms with E-state index >= 15 is 0 Å². The van der Waals surface area contributed by atoms with Gasteiger partial charge in [-0.15, -0.1) is 0 Å². The summed E-state index contributed by atoms with van der Waals surface area (Å²) in [5, 5.41) is 14.5. The van der Waals surface area contributed by atoms with Crippen molar-refractivity contribution in [2.75, 3.05) is 37.2 Å². The molecule has 0 aromatic heterocycles. The Kier molecular flexibility index (Phi) is 5.49. The van der Waals surface area contributed by atoms with Gasteiger partial charge in [0, 0.05) is 38.3 Å². The average molecular weight is 322 g/mol. The zero-order valence-corrected chi connectivity index (χ0v) is 12.9. The molecule has 1 amide bonds. The molecule has 2 N–H and O–H groups in total. The fourth-order valence-corrected chi connectivity index (χ4v) is 3.60. The summed E-state index contributed by atoms with van der Waals surface area (Å²) in [7, 11) is -3.40. The SMILES string of the molecule is N#Cc1cccc(NC(=O)CCS(=O)(=O)N2CCNCC2)c1. The van der Waals surface area contributed by atoms with Crippen molar-refractivity contribution in [2.45, 2.75) is 6.42 Å². The van der Waals surface area contributed by atoms with Gasteiger partial charge in [0.05, 0.1) is 17.4 Å². The van der Waals surface area contributed by atoms with Crippen LogP contribution in [0.5, 0.6) is 0 Å². The first-order valence-electron chi connectivity index (χ1n) is 7.00. The summed E-state index contributed by atoms with van der Waals surface area (Å²) in [5.74, 6) is -0.592. The second-order valence-electron chi connectivity index (χ2n) is 4.96. The molecule has 1 aliphatic heterocycles. The Morgan fingerprint density at radius 2 is 2.09 bits per heavy atom. The number of rotatable bonds is 5. The minimum absolute atomic E-state index is 0.108. The molecule has 1 aromatic rings. The number of nitrogens with zero attached hydrogens (tertiary/aromatic N) is 2. The van der Waals surface area contributed by atoms with E-state index in [1.807, 2.05) is 6.07 Å². The predicted molar refractivity (Wildman–Crippen MR) is 82.6 cm³/mol. The minimum atomic E-state index is -3.40. The smallest absolute Gasteiger partial charge is 0.225 e. The molecule has 1 fully saturated rings. The normalized spacial score (nSPS) is 16.0. The van der Waals surface area contributed by atoms with Crippen molar-refractivity contribution >= 4 is 21.6 Å². The summed E-state index contributed by atoms with van der Waals surface area (Å²) < 4.78 is 25.6. The topological polar surface area (TPSA) is 102 Å². The van der Waals surface area contributed by atoms with Gasteiger partial charge in [-0.25, -0.2) is 8.42 Å². The van der Waals surface area contributed by atoms with Crippen LogP contribution in [0.2, 0.25) is 0 Å². The molecule has 7 nitrogen and oxygen atoms in total. The van der Waals surface area contributed by atoms with E-state index in [-0.39, 0.29) is 18.1 Å². The first-order valence-corrected chi connectivity index (χ1v) is 8.61. The molecule has 118 valence electrons. The van der Waals surface area contributed by atoms with Crippen molar-refractivity contribution in [1.29, 1.82) is 5.26 Å². The van der Waals surface area contributed by atoms with Crippen LogP contribution in [0.4, 0.5) is 5.69 Å². The molecule has 1 aliphatic rings. The van der Waals surface area contributed by atoms with Gasteiger partial charge in [0.25, 0.3) is 0 Å². The Bertz CT molecular complexity index is 676. The van der Waals surface area contributed by atoms with Gasteiger partial charge in [0.15, 0.2) is 0 Å². The Labute approximate surface area is 130 Å². The summed E-state index contributed by atoms with van der Waals surface area (Å²) in [5.41, 5.74) is 0.926. The number of nitrogens with one attached hydrogen (secondary N) is 2. The zero-order chi connectivity index (χ0) is 16.0. The molecule has 1 saturated heterocycles. The second kappa shape index (κ2) is 7.35. The maximum Gasteiger partial charge on any atom is 0.225 e. The number of benzene rings is 1. The van der Waals surface area contributed by atoms with Crippen LogP contribution in [0.1, 0.15) is 12.0 Å². The van der Waals surface area contributed by atoms with Crippen LogP contribution < -0.4 is 10.6 Å². The van der Waals surface area contributed by atoms with Gasteiger partial charge in [-0.3, -0.25) is 4.79 Å². The van der Waals surface area contributed by atoms with Crippen LogP contribution in [0.25, 0.3) is 0 Å². The molecule has 0 unspecified atom stereocenters. The number of amides is 1. The third kappa shape index (κ3) is 4.53. The zero-order valence-electron chi connectivity index (χ0n) is 12.1. The monoisotopic (exact) mass is 322 g/mol. The highest BCUT2D eigenvalue weighted by Gasteiger charge is 2.24. The number of sulfonamides is 1. The standard InChI is InChI=1S/C14H18N4O3S/c15-11-12-2-1-3-13(10-12)17-14(19)4-9-22(20,21)18-7-5-16-6-8-18/h1-3,10,16H,4-9H2,(H,17,19). The first kappa shape index (κ1) is 16.4. The molecule has 0 spiro atoms. The van der Waals surface area contributed by atoms with Gasteiger partial charge >= 0.3 is 0 Å². The van der Waals surface area contributed by atoms with Crippen LogP contribution in [0.15, 0.2) is 24.3 Å². The Morgan fingerprint density at radius 3 is 2.77 bits per heavy atom. The van der Waals surface area contributed by atoms with Crippen LogP contribution in [0.3, 0.4) is 0 Å². The van der Waals surface area contributed by atoms with E-state index in [0.29, 0.717) is 37.4 Å². The maximum atomic E-state index is 12.1. The van der Waals surface area contributed by atoms with Crippen LogP contribution >= 0.6 is 0 Å². The average Bonchev–Trinajstić information content (AvgIpc) is 2.54. The molecule has 0 aliphatic carbocycles. The van der Waals surface area contributed by atoms with E-state index in [0.717, 1.165) is 0 Å². The van der Waals surface area contributed by atoms with Gasteiger partial charge in [-0.1, -0.05) is 6.07 Å². The van der Waals surface area contributed by atoms with Crippen molar-refractivity contribution < 1.29 is 13.2 Å². The molecule has 0 radical (unpaired) electrons. The lowest BCUT2D eigenvalue weighted by Crippen LogP contribution is -2.47. The lowest BCUT2D eigenvalue weighted by molar-refractivity contribution is -0.115. The predicted octanol–water partition coefficient (Wildman–Crippen LogP) is 0.122. The van der Waals surface area contributed by atoms with Crippen molar-refractivity contribution in [2.24, 2.45) is 0 Å². The number of anilines is 1. The number of hydrogen-bond donors (Lipinski definition) is 2. The third-order valence-electron chi connectivity index (χ3n) is 3.33. The number of nitriles is 1. The molecular formula is C14H18N4O3S. The number of piperazine rings is 1. The van der Waals surface area contributed by atoms with E-state index in [2.05, 4.69) is 10.6 Å². The third-order valence-corrected chi connectivity index (χ3v) is 5.20. The fraction of sp³-hybridized carbons (Fsp3) is 0.429. The van der Waals surface area contributed by atoms with E-state index in [1.54, 1.807) is 24.3 Å². The summed E-state index contributed by atoms with van der Waals surface area (Å²) in [4.78, 5) is 11.9. The van der Waals surface area contributed by atoms with Gasteiger partial charge in [-0.05, 0) is 18.2 Å². The Balaban J connectivity index is 1.88. The van der Waals surface area contributed by atoms with Crippen molar-refractivity contribution in [3.63, 3.8) is 0 Å². The highest BCUT2D eigenvalue weighted by atomic mass is 32.2. The van der Waals surface area contributed by atoms with Crippen LogP contribution in [-0.4, -0.2) is 50.6 Å². The molecule has 22 heavy (non-hydrogen) atoms. The summed E-state index contributed by atoms with van der Waals surface area (Å²) >= 11 is 0. The van der Waals surface area contributed by atoms with Gasteiger partial charge in [0.1, 0.15) is 0 Å². The molecule has 2 rings (SSSR count). The second-order valence-corrected chi connectivity index (χ2v) is 7.04. The van der Waals surface area contributed by atoms with Crippen molar-refractivity contribution in [3.8, 4) is 6.07 Å². The molecule has 0 atom stereocenters. The maximum absolute atomic E-state index is 12.1. The highest BCUT2D eigenvalue weighted by Crippen LogP contribution is 2.11. The molecule has 0 bridgehead atoms. The Hall–Kier alpha value is -1.95. The number of carbonyl (C=O) groups excluding carboxylic acids is 1. The lowest BCUT2D eigenvalue weighted by Gasteiger charge is -2.26. The molecule has 0 saturated carbocycles. The lowest BCUT2D eigenvalue weighted by atomic mass is 10.2. The fourth-order valence-electron chi connectivity index (χ4n) is 2.16. The van der Waals surface area contributed by atoms with Gasteiger partial charge < -0.3 is 10.6 Å². The number of hydrogen-bond acceptors (Lipinski definition) is 5. The molecule has 1 heterocycles.